The number of rotatable bonds is 20. The maximum Gasteiger partial charge on any atom is 0.193 e. The Hall–Kier alpha value is -2.74. The van der Waals surface area contributed by atoms with Gasteiger partial charge in [-0.15, -0.1) is 12.3 Å². The monoisotopic (exact) mass is 720 g/mol. The van der Waals surface area contributed by atoms with E-state index in [0.29, 0.717) is 32.5 Å². The van der Waals surface area contributed by atoms with E-state index in [9.17, 15) is 5.11 Å². The third kappa shape index (κ3) is 14.7. The Morgan fingerprint density at radius 1 is 1.16 bits per heavy atom. The van der Waals surface area contributed by atoms with E-state index < -0.39 is 14.4 Å². The highest BCUT2D eigenvalue weighted by molar-refractivity contribution is 6.74. The summed E-state index contributed by atoms with van der Waals surface area (Å²) in [5.74, 6) is 3.48. The summed E-state index contributed by atoms with van der Waals surface area (Å²) in [5.41, 5.74) is 3.38. The summed E-state index contributed by atoms with van der Waals surface area (Å²) in [5, 5.41) is 11.0. The summed E-state index contributed by atoms with van der Waals surface area (Å²) in [6.45, 7) is 18.7. The minimum absolute atomic E-state index is 0.00275. The molecular formula is C43H64O7Si. The van der Waals surface area contributed by atoms with Gasteiger partial charge in [0.05, 0.1) is 56.9 Å². The van der Waals surface area contributed by atoms with Crippen LogP contribution in [0.3, 0.4) is 0 Å². The third-order valence-corrected chi connectivity index (χ3v) is 14.5. The first-order chi connectivity index (χ1) is 24.2. The van der Waals surface area contributed by atoms with Crippen molar-refractivity contribution in [2.45, 2.75) is 140 Å². The Balaban J connectivity index is 1.69. The van der Waals surface area contributed by atoms with Gasteiger partial charge in [-0.25, -0.2) is 0 Å². The molecular weight excluding hydrogens is 657 g/mol. The standard InChI is InChI=1S/C43H64O7Si/c1-11-14-37-23-25-39(46-8)41(49-37)18-12-15-32(2)29-35(44)16-13-17-40(48-31-34-19-21-36(45-7)22-20-34)42(50-51(9,10)43(4,5)6)26-24-38-30-33(3)27-28-47-38/h1,13,16,19-27,35,37-42,44H,2,12,14-15,17-18,28-31H2,3-10H3/b16-13+,26-24+/t35?,37-,38-,39+,40+,41-,42-/m1/s1. The summed E-state index contributed by atoms with van der Waals surface area (Å²) in [7, 11) is 1.17. The molecule has 2 aliphatic heterocycles. The highest BCUT2D eigenvalue weighted by atomic mass is 28.4. The third-order valence-electron chi connectivity index (χ3n) is 10.1. The molecule has 7 atom stereocenters. The van der Waals surface area contributed by atoms with Crippen LogP contribution in [0.2, 0.25) is 18.1 Å². The largest absolute Gasteiger partial charge is 0.497 e. The van der Waals surface area contributed by atoms with Crippen LogP contribution in [-0.4, -0.2) is 77.0 Å². The van der Waals surface area contributed by atoms with Crippen molar-refractivity contribution in [1.82, 2.24) is 0 Å². The van der Waals surface area contributed by atoms with Crippen molar-refractivity contribution in [3.63, 3.8) is 0 Å². The fourth-order valence-electron chi connectivity index (χ4n) is 5.90. The van der Waals surface area contributed by atoms with Crippen molar-refractivity contribution in [2.24, 2.45) is 0 Å². The van der Waals surface area contributed by atoms with Gasteiger partial charge in [0, 0.05) is 13.5 Å². The van der Waals surface area contributed by atoms with Gasteiger partial charge >= 0.3 is 0 Å². The molecule has 0 saturated carbocycles. The van der Waals surface area contributed by atoms with Crippen LogP contribution in [-0.2, 0) is 30.0 Å². The molecule has 7 nitrogen and oxygen atoms in total. The molecule has 2 heterocycles. The molecule has 1 aromatic carbocycles. The number of methoxy groups -OCH3 is 2. The summed E-state index contributed by atoms with van der Waals surface area (Å²) in [6.07, 6.45) is 23.3. The summed E-state index contributed by atoms with van der Waals surface area (Å²) >= 11 is 0. The van der Waals surface area contributed by atoms with Crippen LogP contribution in [0.25, 0.3) is 0 Å². The normalized spacial score (nSPS) is 23.2. The van der Waals surface area contributed by atoms with Crippen LogP contribution in [0.5, 0.6) is 5.75 Å². The van der Waals surface area contributed by atoms with Crippen molar-refractivity contribution in [2.75, 3.05) is 20.8 Å². The Morgan fingerprint density at radius 3 is 2.55 bits per heavy atom. The van der Waals surface area contributed by atoms with Gasteiger partial charge in [-0.1, -0.05) is 93.2 Å². The highest BCUT2D eigenvalue weighted by Crippen LogP contribution is 2.38. The van der Waals surface area contributed by atoms with E-state index in [4.69, 9.17) is 34.5 Å². The van der Waals surface area contributed by atoms with Crippen molar-refractivity contribution in [3.05, 3.63) is 90.1 Å². The summed E-state index contributed by atoms with van der Waals surface area (Å²) < 4.78 is 36.9. The van der Waals surface area contributed by atoms with Crippen LogP contribution in [0, 0.1) is 12.3 Å². The Labute approximate surface area is 309 Å². The molecule has 0 fully saturated rings. The van der Waals surface area contributed by atoms with Gasteiger partial charge in [-0.3, -0.25) is 0 Å². The molecule has 3 rings (SSSR count). The van der Waals surface area contributed by atoms with Crippen molar-refractivity contribution in [3.8, 4) is 18.1 Å². The second kappa shape index (κ2) is 21.1. The Kier molecular flexibility index (Phi) is 17.6. The second-order valence-corrected chi connectivity index (χ2v) is 20.1. The quantitative estimate of drug-likeness (QED) is 0.0819. The number of aliphatic hydroxyl groups excluding tert-OH is 1. The van der Waals surface area contributed by atoms with Crippen LogP contribution < -0.4 is 4.74 Å². The predicted molar refractivity (Wildman–Crippen MR) is 210 cm³/mol. The Bertz CT molecular complexity index is 1360. The smallest absolute Gasteiger partial charge is 0.193 e. The molecule has 2 aliphatic rings. The molecule has 0 aromatic heterocycles. The van der Waals surface area contributed by atoms with Gasteiger partial charge in [0.15, 0.2) is 8.32 Å². The van der Waals surface area contributed by atoms with Crippen LogP contribution in [0.1, 0.15) is 78.2 Å². The maximum absolute atomic E-state index is 11.0. The van der Waals surface area contributed by atoms with E-state index in [2.05, 4.69) is 71.5 Å². The number of ether oxygens (including phenoxy) is 5. The molecule has 1 unspecified atom stereocenters. The SMILES string of the molecule is C#CC[C@@H]1C=C[C@H](OC)[C@@H](CCCC(=C)CC(O)/C=C/C[C@H](OCc2ccc(OC)cc2)[C@@H](/C=C/[C@@H]2CC(C)=CCO2)O[Si](C)(C)C(C)(C)C)O1. The molecule has 8 heteroatoms. The molecule has 0 saturated heterocycles. The van der Waals surface area contributed by atoms with Gasteiger partial charge in [0.25, 0.3) is 0 Å². The zero-order valence-electron chi connectivity index (χ0n) is 32.4. The molecule has 51 heavy (non-hydrogen) atoms. The average Bonchev–Trinajstić information content (AvgIpc) is 3.08. The van der Waals surface area contributed by atoms with E-state index in [1.807, 2.05) is 48.6 Å². The average molecular weight is 721 g/mol. The first-order valence-electron chi connectivity index (χ1n) is 18.4. The topological polar surface area (TPSA) is 75.6 Å². The fourth-order valence-corrected chi connectivity index (χ4v) is 7.16. The Morgan fingerprint density at radius 2 is 1.90 bits per heavy atom. The van der Waals surface area contributed by atoms with Gasteiger partial charge < -0.3 is 33.2 Å². The number of hydrogen-bond acceptors (Lipinski definition) is 7. The molecule has 1 N–H and O–H groups in total. The molecule has 0 bridgehead atoms. The van der Waals surface area contributed by atoms with E-state index in [0.717, 1.165) is 42.6 Å². The molecule has 0 spiro atoms. The highest BCUT2D eigenvalue weighted by Gasteiger charge is 2.40. The van der Waals surface area contributed by atoms with Crippen LogP contribution >= 0.6 is 0 Å². The van der Waals surface area contributed by atoms with Gasteiger partial charge in [-0.2, -0.15) is 0 Å². The van der Waals surface area contributed by atoms with Gasteiger partial charge in [0.1, 0.15) is 11.9 Å². The molecule has 282 valence electrons. The zero-order chi connectivity index (χ0) is 37.4. The molecule has 0 amide bonds. The summed E-state index contributed by atoms with van der Waals surface area (Å²) in [4.78, 5) is 0. The number of benzene rings is 1. The van der Waals surface area contributed by atoms with Crippen LogP contribution in [0.15, 0.2) is 84.5 Å². The lowest BCUT2D eigenvalue weighted by Crippen LogP contribution is -2.47. The first kappa shape index (κ1) is 42.7. The minimum Gasteiger partial charge on any atom is -0.497 e. The van der Waals surface area contributed by atoms with E-state index >= 15 is 0 Å². The lowest BCUT2D eigenvalue weighted by molar-refractivity contribution is -0.0721. The second-order valence-electron chi connectivity index (χ2n) is 15.3. The van der Waals surface area contributed by atoms with E-state index in [1.165, 1.54) is 5.57 Å². The first-order valence-corrected chi connectivity index (χ1v) is 21.3. The van der Waals surface area contributed by atoms with Gasteiger partial charge in [0.2, 0.25) is 0 Å². The molecule has 0 aliphatic carbocycles. The molecule has 1 aromatic rings. The van der Waals surface area contributed by atoms with E-state index in [-0.39, 0.29) is 41.7 Å². The minimum atomic E-state index is -2.19. The number of hydrogen-bond donors (Lipinski definition) is 1. The van der Waals surface area contributed by atoms with Gasteiger partial charge in [-0.05, 0) is 81.3 Å². The van der Waals surface area contributed by atoms with Crippen LogP contribution in [0.4, 0.5) is 0 Å². The summed E-state index contributed by atoms with van der Waals surface area (Å²) in [6, 6.07) is 7.94. The van der Waals surface area contributed by atoms with Crippen molar-refractivity contribution < 1.29 is 33.2 Å². The predicted octanol–water partition coefficient (Wildman–Crippen LogP) is 9.05. The van der Waals surface area contributed by atoms with E-state index in [1.54, 1.807) is 14.2 Å². The molecule has 0 radical (unpaired) electrons. The number of aliphatic hydroxyl groups is 1. The lowest BCUT2D eigenvalue weighted by atomic mass is 9.98. The maximum atomic E-state index is 11.0. The zero-order valence-corrected chi connectivity index (χ0v) is 33.4. The fraction of sp³-hybridized carbons (Fsp3) is 0.581. The van der Waals surface area contributed by atoms with Crippen molar-refractivity contribution in [1.29, 1.82) is 0 Å². The lowest BCUT2D eigenvalue weighted by Gasteiger charge is -2.40. The number of terminal acetylenes is 1. The van der Waals surface area contributed by atoms with Crippen molar-refractivity contribution >= 4 is 8.32 Å².